The third kappa shape index (κ3) is 3.20. The number of benzene rings is 2. The average Bonchev–Trinajstić information content (AvgIpc) is 2.45. The molecule has 0 amide bonds. The second kappa shape index (κ2) is 5.97. The second-order valence-corrected chi connectivity index (χ2v) is 4.54. The molecule has 0 aliphatic rings. The Morgan fingerprint density at radius 1 is 1.00 bits per heavy atom. The van der Waals surface area contributed by atoms with E-state index in [9.17, 15) is 4.79 Å². The number of anilines is 3. The molecule has 20 heavy (non-hydrogen) atoms. The van der Waals surface area contributed by atoms with Crippen LogP contribution in [0.4, 0.5) is 17.1 Å². The van der Waals surface area contributed by atoms with Crippen LogP contribution in [0.15, 0.2) is 48.5 Å². The van der Waals surface area contributed by atoms with E-state index in [1.807, 2.05) is 43.3 Å². The van der Waals surface area contributed by atoms with E-state index in [0.29, 0.717) is 5.69 Å². The molecule has 0 fully saturated rings. The highest BCUT2D eigenvalue weighted by molar-refractivity contribution is 5.94. The largest absolute Gasteiger partial charge is 0.478 e. The lowest BCUT2D eigenvalue weighted by atomic mass is 10.2. The predicted octanol–water partition coefficient (Wildman–Crippen LogP) is 2.89. The lowest BCUT2D eigenvalue weighted by Crippen LogP contribution is -2.13. The molecule has 2 rings (SSSR count). The highest BCUT2D eigenvalue weighted by Gasteiger charge is 2.08. The molecule has 0 bridgehead atoms. The number of carboxylic acid groups (broad SMARTS) is 1. The number of hydrogen-bond donors (Lipinski definition) is 3. The summed E-state index contributed by atoms with van der Waals surface area (Å²) in [6, 6.07) is 14.6. The van der Waals surface area contributed by atoms with Crippen LogP contribution in [-0.4, -0.2) is 25.2 Å². The van der Waals surface area contributed by atoms with Crippen molar-refractivity contribution in [3.05, 3.63) is 54.1 Å². The summed E-state index contributed by atoms with van der Waals surface area (Å²) in [7, 11) is 3.95. The Balaban J connectivity index is 2.07. The van der Waals surface area contributed by atoms with E-state index >= 15 is 0 Å². The summed E-state index contributed by atoms with van der Waals surface area (Å²) < 4.78 is 0. The number of nitrogens with zero attached hydrogens (tertiary/aromatic N) is 1. The summed E-state index contributed by atoms with van der Waals surface area (Å²) in [4.78, 5) is 13.1. The third-order valence-electron chi connectivity index (χ3n) is 2.88. The molecule has 3 N–H and O–H groups in total. The van der Waals surface area contributed by atoms with Crippen LogP contribution in [0, 0.1) is 0 Å². The first-order chi connectivity index (χ1) is 9.58. The van der Waals surface area contributed by atoms with Gasteiger partial charge in [-0.3, -0.25) is 0 Å². The first kappa shape index (κ1) is 13.7. The molecular weight excluding hydrogens is 254 g/mol. The summed E-state index contributed by atoms with van der Waals surface area (Å²) in [5.41, 5.74) is 8.61. The smallest absolute Gasteiger partial charge is 0.337 e. The molecule has 0 spiro atoms. The zero-order valence-corrected chi connectivity index (χ0v) is 11.4. The summed E-state index contributed by atoms with van der Waals surface area (Å²) in [5, 5.41) is 9.09. The fraction of sp³-hybridized carbons (Fsp3) is 0.133. The highest BCUT2D eigenvalue weighted by atomic mass is 16.4. The zero-order valence-electron chi connectivity index (χ0n) is 11.4. The SMILES string of the molecule is CN(C)c1ccc(NNc2ccccc2C(=O)O)cc1. The average molecular weight is 271 g/mol. The minimum Gasteiger partial charge on any atom is -0.478 e. The fourth-order valence-corrected chi connectivity index (χ4v) is 1.76. The summed E-state index contributed by atoms with van der Waals surface area (Å²) >= 11 is 0. The van der Waals surface area contributed by atoms with E-state index < -0.39 is 5.97 Å². The maximum atomic E-state index is 11.1. The minimum absolute atomic E-state index is 0.227. The van der Waals surface area contributed by atoms with Gasteiger partial charge >= 0.3 is 5.97 Å². The molecule has 0 heterocycles. The number of hydrogen-bond acceptors (Lipinski definition) is 4. The lowest BCUT2D eigenvalue weighted by Gasteiger charge is -2.15. The van der Waals surface area contributed by atoms with Gasteiger partial charge in [-0.1, -0.05) is 12.1 Å². The third-order valence-corrected chi connectivity index (χ3v) is 2.88. The van der Waals surface area contributed by atoms with Crippen LogP contribution in [0.1, 0.15) is 10.4 Å². The molecule has 0 atom stereocenters. The van der Waals surface area contributed by atoms with Crippen LogP contribution >= 0.6 is 0 Å². The Labute approximate surface area is 117 Å². The van der Waals surface area contributed by atoms with Crippen LogP contribution in [0.5, 0.6) is 0 Å². The number of carboxylic acids is 1. The summed E-state index contributed by atoms with van der Waals surface area (Å²) in [6.45, 7) is 0. The van der Waals surface area contributed by atoms with E-state index in [2.05, 4.69) is 10.9 Å². The van der Waals surface area contributed by atoms with Crippen molar-refractivity contribution < 1.29 is 9.90 Å². The number of aromatic carboxylic acids is 1. The highest BCUT2D eigenvalue weighted by Crippen LogP contribution is 2.18. The van der Waals surface area contributed by atoms with E-state index in [4.69, 9.17) is 5.11 Å². The number of para-hydroxylation sites is 1. The number of nitrogens with one attached hydrogen (secondary N) is 2. The number of hydrazine groups is 1. The van der Waals surface area contributed by atoms with Crippen LogP contribution in [0.3, 0.4) is 0 Å². The van der Waals surface area contributed by atoms with Crippen molar-refractivity contribution in [2.24, 2.45) is 0 Å². The van der Waals surface area contributed by atoms with Crippen molar-refractivity contribution in [3.63, 3.8) is 0 Å². The molecule has 104 valence electrons. The molecule has 0 unspecified atom stereocenters. The van der Waals surface area contributed by atoms with Crippen molar-refractivity contribution in [2.75, 3.05) is 29.8 Å². The van der Waals surface area contributed by atoms with E-state index in [-0.39, 0.29) is 5.56 Å². The molecule has 2 aromatic rings. The van der Waals surface area contributed by atoms with Gasteiger partial charge in [-0.25, -0.2) is 4.79 Å². The molecule has 0 saturated heterocycles. The molecule has 0 aliphatic carbocycles. The first-order valence-electron chi connectivity index (χ1n) is 6.19. The summed E-state index contributed by atoms with van der Waals surface area (Å²) in [5.74, 6) is -0.960. The molecule has 2 aromatic carbocycles. The molecular formula is C15H17N3O2. The second-order valence-electron chi connectivity index (χ2n) is 4.54. The molecule has 0 saturated carbocycles. The van der Waals surface area contributed by atoms with Crippen molar-refractivity contribution in [2.45, 2.75) is 0 Å². The first-order valence-corrected chi connectivity index (χ1v) is 6.19. The molecule has 5 nitrogen and oxygen atoms in total. The number of carbonyl (C=O) groups is 1. The Morgan fingerprint density at radius 2 is 1.65 bits per heavy atom. The van der Waals surface area contributed by atoms with Crippen LogP contribution in [0.2, 0.25) is 0 Å². The number of rotatable bonds is 5. The fourth-order valence-electron chi connectivity index (χ4n) is 1.76. The molecule has 0 aromatic heterocycles. The van der Waals surface area contributed by atoms with E-state index in [1.54, 1.807) is 24.3 Å². The van der Waals surface area contributed by atoms with Gasteiger partial charge in [-0.2, -0.15) is 0 Å². The topological polar surface area (TPSA) is 64.6 Å². The van der Waals surface area contributed by atoms with Crippen molar-refractivity contribution >= 4 is 23.0 Å². The standard InChI is InChI=1S/C15H17N3O2/c1-18(2)12-9-7-11(8-10-12)16-17-14-6-4-3-5-13(14)15(19)20/h3-10,16-17H,1-2H3,(H,19,20). The van der Waals surface area contributed by atoms with Crippen LogP contribution in [-0.2, 0) is 0 Å². The Bertz CT molecular complexity index is 594. The van der Waals surface area contributed by atoms with Crippen molar-refractivity contribution in [1.29, 1.82) is 0 Å². The zero-order chi connectivity index (χ0) is 14.5. The van der Waals surface area contributed by atoms with E-state index in [1.165, 1.54) is 0 Å². The maximum Gasteiger partial charge on any atom is 0.337 e. The summed E-state index contributed by atoms with van der Waals surface area (Å²) in [6.07, 6.45) is 0. The van der Waals surface area contributed by atoms with Crippen LogP contribution < -0.4 is 15.8 Å². The minimum atomic E-state index is -0.960. The normalized spacial score (nSPS) is 9.90. The van der Waals surface area contributed by atoms with Gasteiger partial charge in [0, 0.05) is 19.8 Å². The van der Waals surface area contributed by atoms with Gasteiger partial charge in [-0.05, 0) is 36.4 Å². The Kier molecular flexibility index (Phi) is 4.10. The quantitative estimate of drug-likeness (QED) is 0.730. The molecule has 0 aliphatic heterocycles. The monoisotopic (exact) mass is 271 g/mol. The van der Waals surface area contributed by atoms with Gasteiger partial charge in [0.05, 0.1) is 16.9 Å². The Morgan fingerprint density at radius 3 is 2.25 bits per heavy atom. The van der Waals surface area contributed by atoms with Gasteiger partial charge in [0.1, 0.15) is 0 Å². The van der Waals surface area contributed by atoms with Gasteiger partial charge < -0.3 is 20.9 Å². The van der Waals surface area contributed by atoms with Gasteiger partial charge in [0.25, 0.3) is 0 Å². The van der Waals surface area contributed by atoms with E-state index in [0.717, 1.165) is 11.4 Å². The Hall–Kier alpha value is -2.69. The van der Waals surface area contributed by atoms with Crippen LogP contribution in [0.25, 0.3) is 0 Å². The van der Waals surface area contributed by atoms with Gasteiger partial charge in [-0.15, -0.1) is 0 Å². The lowest BCUT2D eigenvalue weighted by molar-refractivity contribution is 0.0698. The van der Waals surface area contributed by atoms with Gasteiger partial charge in [0.15, 0.2) is 0 Å². The molecule has 5 heteroatoms. The predicted molar refractivity (Wildman–Crippen MR) is 81.4 cm³/mol. The molecule has 0 radical (unpaired) electrons. The maximum absolute atomic E-state index is 11.1. The van der Waals surface area contributed by atoms with Crippen molar-refractivity contribution in [3.8, 4) is 0 Å². The van der Waals surface area contributed by atoms with Gasteiger partial charge in [0.2, 0.25) is 0 Å². The van der Waals surface area contributed by atoms with Crippen molar-refractivity contribution in [1.82, 2.24) is 0 Å².